The first-order valence-corrected chi connectivity index (χ1v) is 9.21. The molecule has 0 spiro atoms. The topological polar surface area (TPSA) is 82.9 Å². The minimum absolute atomic E-state index is 0.0567. The van der Waals surface area contributed by atoms with Crippen molar-refractivity contribution >= 4 is 11.8 Å². The zero-order chi connectivity index (χ0) is 17.4. The van der Waals surface area contributed by atoms with E-state index in [0.29, 0.717) is 25.7 Å². The summed E-state index contributed by atoms with van der Waals surface area (Å²) < 4.78 is 7.11. The van der Waals surface area contributed by atoms with Gasteiger partial charge in [-0.15, -0.1) is 0 Å². The number of hydrogen-bond donors (Lipinski definition) is 2. The van der Waals surface area contributed by atoms with Crippen LogP contribution in [0.2, 0.25) is 0 Å². The Hall–Kier alpha value is -1.64. The first kappa shape index (κ1) is 16.8. The molecule has 3 fully saturated rings. The third-order valence-corrected chi connectivity index (χ3v) is 5.44. The molecule has 138 valence electrons. The van der Waals surface area contributed by atoms with Crippen molar-refractivity contribution in [2.75, 3.05) is 44.7 Å². The van der Waals surface area contributed by atoms with Gasteiger partial charge < -0.3 is 14.7 Å². The number of nitrogens with zero attached hydrogens (tertiary/aromatic N) is 4. The van der Waals surface area contributed by atoms with Crippen LogP contribution in [0, 0.1) is 0 Å². The predicted molar refractivity (Wildman–Crippen MR) is 92.6 cm³/mol. The first-order valence-electron chi connectivity index (χ1n) is 9.21. The number of nitrogens with one attached hydrogen (secondary N) is 1. The highest BCUT2D eigenvalue weighted by Gasteiger charge is 2.33. The number of hydrogen-bond acceptors (Lipinski definition) is 5. The average Bonchev–Trinajstić information content (AvgIpc) is 3.32. The second-order valence-electron chi connectivity index (χ2n) is 7.33. The number of carbonyl (C=O) groups is 1. The molecule has 0 unspecified atom stereocenters. The van der Waals surface area contributed by atoms with Crippen LogP contribution in [0.4, 0.5) is 10.6 Å². The van der Waals surface area contributed by atoms with Gasteiger partial charge in [0.25, 0.3) is 0 Å². The lowest BCUT2D eigenvalue weighted by Gasteiger charge is -2.28. The van der Waals surface area contributed by atoms with Crippen molar-refractivity contribution in [2.24, 2.45) is 7.05 Å². The van der Waals surface area contributed by atoms with Crippen LogP contribution in [0.15, 0.2) is 6.07 Å². The molecule has 0 radical (unpaired) electrons. The van der Waals surface area contributed by atoms with E-state index in [2.05, 4.69) is 15.3 Å². The number of carbonyl (C=O) groups excluding carboxylic acids is 1. The van der Waals surface area contributed by atoms with E-state index >= 15 is 0 Å². The first-order chi connectivity index (χ1) is 12.1. The number of aromatic nitrogens is 2. The molecule has 0 bridgehead atoms. The second kappa shape index (κ2) is 6.93. The Labute approximate surface area is 147 Å². The molecule has 1 aromatic rings. The molecule has 0 aromatic carbocycles. The van der Waals surface area contributed by atoms with Gasteiger partial charge in [0.2, 0.25) is 0 Å². The molecule has 25 heavy (non-hydrogen) atoms. The zero-order valence-corrected chi connectivity index (χ0v) is 14.7. The number of urea groups is 1. The predicted octanol–water partition coefficient (Wildman–Crippen LogP) is 0.597. The molecule has 2 saturated heterocycles. The number of ether oxygens (including phenoxy) is 1. The van der Waals surface area contributed by atoms with Crippen molar-refractivity contribution in [1.29, 1.82) is 0 Å². The standard InChI is InChI=1S/C17H27N5O3/c1-20-16(9-13(19-20)12-3-4-12)18-17(24)22-6-2-5-21(7-8-22)14-10-25-11-15(14)23/h9,12,14-15,23H,2-8,10-11H2,1H3,(H,18,24)/t14-,15-/m1/s1. The van der Waals surface area contributed by atoms with E-state index in [-0.39, 0.29) is 12.1 Å². The molecule has 2 atom stereocenters. The van der Waals surface area contributed by atoms with Crippen LogP contribution in [0.5, 0.6) is 0 Å². The summed E-state index contributed by atoms with van der Waals surface area (Å²) in [5, 5.41) is 17.5. The van der Waals surface area contributed by atoms with Crippen LogP contribution in [-0.2, 0) is 11.8 Å². The highest BCUT2D eigenvalue weighted by atomic mass is 16.5. The molecule has 1 saturated carbocycles. The van der Waals surface area contributed by atoms with Crippen LogP contribution in [0.1, 0.15) is 30.9 Å². The summed E-state index contributed by atoms with van der Waals surface area (Å²) in [5.74, 6) is 1.33. The lowest BCUT2D eigenvalue weighted by Crippen LogP contribution is -2.45. The van der Waals surface area contributed by atoms with E-state index in [4.69, 9.17) is 4.74 Å². The van der Waals surface area contributed by atoms with Crippen LogP contribution >= 0.6 is 0 Å². The van der Waals surface area contributed by atoms with Crippen molar-refractivity contribution in [3.8, 4) is 0 Å². The minimum Gasteiger partial charge on any atom is -0.389 e. The fourth-order valence-corrected chi connectivity index (χ4v) is 3.73. The molecular weight excluding hydrogens is 322 g/mol. The van der Waals surface area contributed by atoms with Crippen LogP contribution in [0.3, 0.4) is 0 Å². The third kappa shape index (κ3) is 3.65. The maximum atomic E-state index is 12.6. The monoisotopic (exact) mass is 349 g/mol. The van der Waals surface area contributed by atoms with E-state index < -0.39 is 6.10 Å². The van der Waals surface area contributed by atoms with E-state index in [0.717, 1.165) is 37.6 Å². The number of anilines is 1. The highest BCUT2D eigenvalue weighted by Crippen LogP contribution is 2.39. The fourth-order valence-electron chi connectivity index (χ4n) is 3.73. The molecule has 1 aromatic heterocycles. The Bertz CT molecular complexity index is 630. The van der Waals surface area contributed by atoms with Gasteiger partial charge in [0.1, 0.15) is 5.82 Å². The van der Waals surface area contributed by atoms with Crippen molar-refractivity contribution < 1.29 is 14.6 Å². The molecule has 2 N–H and O–H groups in total. The average molecular weight is 349 g/mol. The minimum atomic E-state index is -0.421. The summed E-state index contributed by atoms with van der Waals surface area (Å²) in [4.78, 5) is 16.7. The second-order valence-corrected chi connectivity index (χ2v) is 7.33. The van der Waals surface area contributed by atoms with E-state index in [1.165, 1.54) is 12.8 Å². The largest absolute Gasteiger partial charge is 0.389 e. The van der Waals surface area contributed by atoms with Crippen LogP contribution < -0.4 is 5.32 Å². The summed E-state index contributed by atoms with van der Waals surface area (Å²) >= 11 is 0. The number of aryl methyl sites for hydroxylation is 1. The van der Waals surface area contributed by atoms with Gasteiger partial charge in [0.15, 0.2) is 0 Å². The number of rotatable bonds is 3. The summed E-state index contributed by atoms with van der Waals surface area (Å²) in [6.07, 6.45) is 2.87. The summed E-state index contributed by atoms with van der Waals surface area (Å²) in [7, 11) is 1.87. The molecule has 8 heteroatoms. The van der Waals surface area contributed by atoms with Crippen molar-refractivity contribution in [3.63, 3.8) is 0 Å². The zero-order valence-electron chi connectivity index (χ0n) is 14.7. The van der Waals surface area contributed by atoms with Gasteiger partial charge in [0.05, 0.1) is 31.1 Å². The number of amides is 2. The Morgan fingerprint density at radius 2 is 2.12 bits per heavy atom. The summed E-state index contributed by atoms with van der Waals surface area (Å²) in [5.41, 5.74) is 1.08. The molecule has 4 rings (SSSR count). The summed E-state index contributed by atoms with van der Waals surface area (Å²) in [6, 6.07) is 1.97. The van der Waals surface area contributed by atoms with Crippen molar-refractivity contribution in [2.45, 2.75) is 37.3 Å². The van der Waals surface area contributed by atoms with Gasteiger partial charge in [-0.1, -0.05) is 0 Å². The van der Waals surface area contributed by atoms with E-state index in [1.807, 2.05) is 18.0 Å². The Morgan fingerprint density at radius 3 is 2.84 bits per heavy atom. The quantitative estimate of drug-likeness (QED) is 0.835. The molecule has 8 nitrogen and oxygen atoms in total. The van der Waals surface area contributed by atoms with E-state index in [1.54, 1.807) is 4.68 Å². The Morgan fingerprint density at radius 1 is 1.28 bits per heavy atom. The molecular formula is C17H27N5O3. The number of aliphatic hydroxyl groups is 1. The number of aliphatic hydroxyl groups excluding tert-OH is 1. The van der Waals surface area contributed by atoms with Gasteiger partial charge in [-0.3, -0.25) is 14.9 Å². The van der Waals surface area contributed by atoms with Gasteiger partial charge >= 0.3 is 6.03 Å². The maximum Gasteiger partial charge on any atom is 0.323 e. The smallest absolute Gasteiger partial charge is 0.323 e. The molecule has 3 aliphatic rings. The lowest BCUT2D eigenvalue weighted by molar-refractivity contribution is 0.0845. The van der Waals surface area contributed by atoms with Crippen molar-refractivity contribution in [3.05, 3.63) is 11.8 Å². The normalized spacial score (nSPS) is 28.2. The maximum absolute atomic E-state index is 12.6. The fraction of sp³-hybridized carbons (Fsp3) is 0.765. The van der Waals surface area contributed by atoms with Crippen molar-refractivity contribution in [1.82, 2.24) is 19.6 Å². The molecule has 1 aliphatic carbocycles. The molecule has 2 amide bonds. The third-order valence-electron chi connectivity index (χ3n) is 5.44. The van der Waals surface area contributed by atoms with Gasteiger partial charge in [-0.25, -0.2) is 4.79 Å². The lowest BCUT2D eigenvalue weighted by atomic mass is 10.2. The SMILES string of the molecule is Cn1nc(C2CC2)cc1NC(=O)N1CCCN([C@@H]2COC[C@H]2O)CC1. The summed E-state index contributed by atoms with van der Waals surface area (Å²) in [6.45, 7) is 4.01. The van der Waals surface area contributed by atoms with Gasteiger partial charge in [0, 0.05) is 45.2 Å². The Kier molecular flexibility index (Phi) is 4.66. The van der Waals surface area contributed by atoms with Crippen LogP contribution in [-0.4, -0.2) is 82.3 Å². The van der Waals surface area contributed by atoms with Gasteiger partial charge in [-0.2, -0.15) is 5.10 Å². The molecule has 3 heterocycles. The van der Waals surface area contributed by atoms with Gasteiger partial charge in [-0.05, 0) is 19.3 Å². The van der Waals surface area contributed by atoms with Crippen LogP contribution in [0.25, 0.3) is 0 Å². The Balaban J connectivity index is 1.34. The molecule has 2 aliphatic heterocycles. The van der Waals surface area contributed by atoms with E-state index in [9.17, 15) is 9.90 Å². The highest BCUT2D eigenvalue weighted by molar-refractivity contribution is 5.88.